The van der Waals surface area contributed by atoms with Gasteiger partial charge in [0.25, 0.3) is 0 Å². The van der Waals surface area contributed by atoms with Gasteiger partial charge in [0, 0.05) is 12.5 Å². The molecular formula is C11H9ClN4O. The van der Waals surface area contributed by atoms with E-state index in [0.29, 0.717) is 22.7 Å². The number of fused-ring (bicyclic) bond motifs is 1. The highest BCUT2D eigenvalue weighted by molar-refractivity contribution is 6.32. The van der Waals surface area contributed by atoms with Gasteiger partial charge in [0.2, 0.25) is 0 Å². The third kappa shape index (κ3) is 1.64. The molecule has 0 bridgehead atoms. The van der Waals surface area contributed by atoms with Crippen LogP contribution in [0.4, 0.5) is 5.95 Å². The van der Waals surface area contributed by atoms with E-state index in [2.05, 4.69) is 15.0 Å². The number of imidazole rings is 1. The smallest absolute Gasteiger partial charge is 0.199 e. The fourth-order valence-corrected chi connectivity index (χ4v) is 2.00. The van der Waals surface area contributed by atoms with Crippen LogP contribution in [0.15, 0.2) is 22.6 Å². The van der Waals surface area contributed by atoms with E-state index >= 15 is 0 Å². The average Bonchev–Trinajstić information content (AvgIpc) is 2.78. The minimum atomic E-state index is 0.293. The van der Waals surface area contributed by atoms with Crippen LogP contribution in [-0.2, 0) is 0 Å². The molecule has 0 atom stereocenters. The summed E-state index contributed by atoms with van der Waals surface area (Å²) in [5.74, 6) is 0.922. The van der Waals surface area contributed by atoms with Gasteiger partial charge in [0.05, 0.1) is 0 Å². The van der Waals surface area contributed by atoms with Crippen molar-refractivity contribution in [3.63, 3.8) is 0 Å². The SMILES string of the molecule is Cc1nc2cc(-c3nc(N)[nH]c3Cl)ccc2o1. The van der Waals surface area contributed by atoms with Crippen molar-refractivity contribution < 1.29 is 4.42 Å². The Kier molecular flexibility index (Phi) is 2.09. The van der Waals surface area contributed by atoms with Gasteiger partial charge in [-0.05, 0) is 18.2 Å². The summed E-state index contributed by atoms with van der Waals surface area (Å²) in [7, 11) is 0. The van der Waals surface area contributed by atoms with E-state index in [-0.39, 0.29) is 0 Å². The number of H-pyrrole nitrogens is 1. The molecule has 0 aliphatic carbocycles. The number of aryl methyl sites for hydroxylation is 1. The lowest BCUT2D eigenvalue weighted by Crippen LogP contribution is -1.85. The Morgan fingerprint density at radius 2 is 2.18 bits per heavy atom. The summed E-state index contributed by atoms with van der Waals surface area (Å²) in [6.45, 7) is 1.80. The molecule has 3 rings (SSSR count). The second-order valence-corrected chi connectivity index (χ2v) is 4.08. The predicted octanol–water partition coefficient (Wildman–Crippen LogP) is 2.76. The highest BCUT2D eigenvalue weighted by atomic mass is 35.5. The predicted molar refractivity (Wildman–Crippen MR) is 65.8 cm³/mol. The van der Waals surface area contributed by atoms with Crippen molar-refractivity contribution >= 4 is 28.6 Å². The minimum absolute atomic E-state index is 0.293. The van der Waals surface area contributed by atoms with Crippen molar-refractivity contribution in [1.29, 1.82) is 0 Å². The van der Waals surface area contributed by atoms with Crippen LogP contribution in [0.1, 0.15) is 5.89 Å². The second-order valence-electron chi connectivity index (χ2n) is 3.70. The number of rotatable bonds is 1. The number of halogens is 1. The number of nitrogens with two attached hydrogens (primary N) is 1. The molecule has 0 fully saturated rings. The Balaban J connectivity index is 2.20. The monoisotopic (exact) mass is 248 g/mol. The fraction of sp³-hybridized carbons (Fsp3) is 0.0909. The van der Waals surface area contributed by atoms with Gasteiger partial charge in [0.15, 0.2) is 17.4 Å². The van der Waals surface area contributed by atoms with Crippen LogP contribution in [-0.4, -0.2) is 15.0 Å². The molecule has 6 heteroatoms. The van der Waals surface area contributed by atoms with E-state index in [1.165, 1.54) is 0 Å². The number of oxazole rings is 1. The zero-order valence-electron chi connectivity index (χ0n) is 8.99. The maximum Gasteiger partial charge on any atom is 0.199 e. The fourth-order valence-electron chi connectivity index (χ4n) is 1.75. The number of nitrogen functional groups attached to an aromatic ring is 1. The zero-order chi connectivity index (χ0) is 12.0. The van der Waals surface area contributed by atoms with Crippen molar-refractivity contribution in [3.8, 4) is 11.3 Å². The van der Waals surface area contributed by atoms with Crippen molar-refractivity contribution in [1.82, 2.24) is 15.0 Å². The Labute approximate surface area is 102 Å². The molecule has 0 radical (unpaired) electrons. The van der Waals surface area contributed by atoms with Gasteiger partial charge < -0.3 is 15.1 Å². The van der Waals surface area contributed by atoms with Gasteiger partial charge in [-0.3, -0.25) is 0 Å². The molecule has 0 spiro atoms. The van der Waals surface area contributed by atoms with Gasteiger partial charge in [-0.1, -0.05) is 11.6 Å². The lowest BCUT2D eigenvalue weighted by atomic mass is 10.1. The van der Waals surface area contributed by atoms with Crippen LogP contribution in [0.2, 0.25) is 5.15 Å². The molecule has 0 saturated carbocycles. The Bertz CT molecular complexity index is 701. The highest BCUT2D eigenvalue weighted by Gasteiger charge is 2.11. The lowest BCUT2D eigenvalue weighted by molar-refractivity contribution is 0.561. The quantitative estimate of drug-likeness (QED) is 0.694. The van der Waals surface area contributed by atoms with Crippen LogP contribution in [0.3, 0.4) is 0 Å². The first kappa shape index (κ1) is 10.2. The highest BCUT2D eigenvalue weighted by Crippen LogP contribution is 2.28. The Morgan fingerprint density at radius 1 is 1.35 bits per heavy atom. The summed E-state index contributed by atoms with van der Waals surface area (Å²) in [5.41, 5.74) is 8.53. The van der Waals surface area contributed by atoms with E-state index in [1.54, 1.807) is 6.92 Å². The van der Waals surface area contributed by atoms with Crippen molar-refractivity contribution in [3.05, 3.63) is 29.2 Å². The first-order valence-corrected chi connectivity index (χ1v) is 5.40. The third-order valence-corrected chi connectivity index (χ3v) is 2.72. The molecule has 0 saturated heterocycles. The van der Waals surface area contributed by atoms with E-state index in [1.807, 2.05) is 18.2 Å². The van der Waals surface area contributed by atoms with Crippen LogP contribution >= 0.6 is 11.6 Å². The standard InChI is InChI=1S/C11H9ClN4O/c1-5-14-7-4-6(2-3-8(7)17-5)9-10(12)16-11(13)15-9/h2-4H,1H3,(H3,13,15,16). The molecule has 0 amide bonds. The van der Waals surface area contributed by atoms with Crippen LogP contribution in [0.5, 0.6) is 0 Å². The Morgan fingerprint density at radius 3 is 2.88 bits per heavy atom. The first-order valence-electron chi connectivity index (χ1n) is 5.02. The zero-order valence-corrected chi connectivity index (χ0v) is 9.75. The summed E-state index contributed by atoms with van der Waals surface area (Å²) in [6.07, 6.45) is 0. The topological polar surface area (TPSA) is 80.7 Å². The number of benzene rings is 1. The molecule has 0 aliphatic rings. The van der Waals surface area contributed by atoms with Crippen molar-refractivity contribution in [2.24, 2.45) is 0 Å². The lowest BCUT2D eigenvalue weighted by Gasteiger charge is -1.96. The minimum Gasteiger partial charge on any atom is -0.441 e. The molecule has 5 nitrogen and oxygen atoms in total. The summed E-state index contributed by atoms with van der Waals surface area (Å²) < 4.78 is 5.40. The molecule has 3 N–H and O–H groups in total. The average molecular weight is 249 g/mol. The van der Waals surface area contributed by atoms with Gasteiger partial charge in [0.1, 0.15) is 16.4 Å². The molecule has 2 heterocycles. The molecule has 0 unspecified atom stereocenters. The van der Waals surface area contributed by atoms with Gasteiger partial charge in [-0.15, -0.1) is 0 Å². The molecular weight excluding hydrogens is 240 g/mol. The summed E-state index contributed by atoms with van der Waals surface area (Å²) in [4.78, 5) is 11.1. The third-order valence-electron chi connectivity index (χ3n) is 2.45. The second kappa shape index (κ2) is 3.49. The first-order chi connectivity index (χ1) is 8.13. The van der Waals surface area contributed by atoms with Crippen molar-refractivity contribution in [2.75, 3.05) is 5.73 Å². The summed E-state index contributed by atoms with van der Waals surface area (Å²) in [6, 6.07) is 5.58. The molecule has 86 valence electrons. The molecule has 0 aliphatic heterocycles. The number of anilines is 1. The van der Waals surface area contributed by atoms with Gasteiger partial charge in [-0.25, -0.2) is 9.97 Å². The van der Waals surface area contributed by atoms with Gasteiger partial charge in [-0.2, -0.15) is 0 Å². The van der Waals surface area contributed by atoms with E-state index in [4.69, 9.17) is 21.8 Å². The largest absolute Gasteiger partial charge is 0.441 e. The van der Waals surface area contributed by atoms with Crippen LogP contribution in [0, 0.1) is 6.92 Å². The number of aromatic nitrogens is 3. The van der Waals surface area contributed by atoms with Crippen LogP contribution in [0.25, 0.3) is 22.4 Å². The summed E-state index contributed by atoms with van der Waals surface area (Å²) in [5, 5.41) is 0.419. The maximum atomic E-state index is 5.99. The Hall–Kier alpha value is -2.01. The van der Waals surface area contributed by atoms with Crippen LogP contribution < -0.4 is 5.73 Å². The molecule has 2 aromatic heterocycles. The number of hydrogen-bond acceptors (Lipinski definition) is 4. The van der Waals surface area contributed by atoms with Gasteiger partial charge >= 0.3 is 0 Å². The van der Waals surface area contributed by atoms with Crippen molar-refractivity contribution in [2.45, 2.75) is 6.92 Å². The molecule has 17 heavy (non-hydrogen) atoms. The van der Waals surface area contributed by atoms with E-state index in [0.717, 1.165) is 16.7 Å². The molecule has 3 aromatic rings. The maximum absolute atomic E-state index is 5.99. The van der Waals surface area contributed by atoms with E-state index in [9.17, 15) is 0 Å². The number of hydrogen-bond donors (Lipinski definition) is 2. The number of nitrogens with one attached hydrogen (secondary N) is 1. The summed E-state index contributed by atoms with van der Waals surface area (Å²) >= 11 is 5.99. The number of aromatic amines is 1. The molecule has 1 aromatic carbocycles. The van der Waals surface area contributed by atoms with E-state index < -0.39 is 0 Å². The normalized spacial score (nSPS) is 11.2. The number of nitrogens with zero attached hydrogens (tertiary/aromatic N) is 2.